The average Bonchev–Trinajstić information content (AvgIpc) is 3.23. The Kier molecular flexibility index (Phi) is 8.29. The third-order valence-corrected chi connectivity index (χ3v) is 9.44. The number of hydrogen-bond donors (Lipinski definition) is 2. The predicted molar refractivity (Wildman–Crippen MR) is 149 cm³/mol. The maximum absolute atomic E-state index is 14.1. The monoisotopic (exact) mass is 555 g/mol. The first kappa shape index (κ1) is 27.3. The molecule has 39 heavy (non-hydrogen) atoms. The van der Waals surface area contributed by atoms with Gasteiger partial charge in [-0.25, -0.2) is 12.8 Å². The highest BCUT2D eigenvalue weighted by Gasteiger charge is 2.26. The largest absolute Gasteiger partial charge is 0.367 e. The van der Waals surface area contributed by atoms with E-state index in [1.807, 2.05) is 11.0 Å². The molecule has 3 aromatic rings. The van der Waals surface area contributed by atoms with Crippen molar-refractivity contribution in [3.63, 3.8) is 0 Å². The van der Waals surface area contributed by atoms with Crippen LogP contribution in [0, 0.1) is 5.82 Å². The molecule has 0 atom stereocenters. The van der Waals surface area contributed by atoms with Crippen LogP contribution in [0.5, 0.6) is 0 Å². The summed E-state index contributed by atoms with van der Waals surface area (Å²) in [5, 5.41) is 3.27. The summed E-state index contributed by atoms with van der Waals surface area (Å²) in [6.07, 6.45) is 3.67. The molecule has 0 saturated carbocycles. The highest BCUT2D eigenvalue weighted by Crippen LogP contribution is 2.25. The molecule has 5 rings (SSSR count). The van der Waals surface area contributed by atoms with E-state index in [2.05, 4.69) is 15.2 Å². The van der Waals surface area contributed by atoms with Gasteiger partial charge in [0.1, 0.15) is 5.82 Å². The lowest BCUT2D eigenvalue weighted by molar-refractivity contribution is 0.0949. The Morgan fingerprint density at radius 3 is 2.36 bits per heavy atom. The van der Waals surface area contributed by atoms with Crippen molar-refractivity contribution in [1.82, 2.24) is 19.5 Å². The zero-order chi connectivity index (χ0) is 27.4. The number of hydrogen-bond acceptors (Lipinski definition) is 6. The number of aromatic nitrogens is 1. The van der Waals surface area contributed by atoms with Crippen molar-refractivity contribution in [2.75, 3.05) is 57.3 Å². The van der Waals surface area contributed by atoms with Gasteiger partial charge in [0.05, 0.1) is 16.1 Å². The Morgan fingerprint density at radius 2 is 1.64 bits per heavy atom. The van der Waals surface area contributed by atoms with Crippen LogP contribution in [0.25, 0.3) is 10.9 Å². The zero-order valence-corrected chi connectivity index (χ0v) is 22.7. The van der Waals surface area contributed by atoms with Crippen LogP contribution in [0.4, 0.5) is 10.1 Å². The van der Waals surface area contributed by atoms with E-state index in [-0.39, 0.29) is 16.3 Å². The molecule has 2 saturated heterocycles. The molecule has 1 amide bonds. The van der Waals surface area contributed by atoms with Crippen molar-refractivity contribution in [1.29, 1.82) is 0 Å². The van der Waals surface area contributed by atoms with Gasteiger partial charge in [-0.1, -0.05) is 25.0 Å². The van der Waals surface area contributed by atoms with Crippen molar-refractivity contribution in [3.05, 3.63) is 70.3 Å². The van der Waals surface area contributed by atoms with Gasteiger partial charge in [0.2, 0.25) is 15.6 Å². The number of para-hydroxylation sites is 1. The summed E-state index contributed by atoms with van der Waals surface area (Å²) in [6, 6.07) is 12.5. The van der Waals surface area contributed by atoms with Gasteiger partial charge in [-0.05, 0) is 43.2 Å². The van der Waals surface area contributed by atoms with Crippen LogP contribution in [0.15, 0.2) is 58.2 Å². The lowest BCUT2D eigenvalue weighted by Gasteiger charge is -2.36. The number of anilines is 1. The van der Waals surface area contributed by atoms with Gasteiger partial charge < -0.3 is 15.2 Å². The molecule has 0 aliphatic carbocycles. The second-order valence-corrected chi connectivity index (χ2v) is 12.0. The molecular weight excluding hydrogens is 521 g/mol. The Balaban J connectivity index is 1.25. The molecule has 0 radical (unpaired) electrons. The van der Waals surface area contributed by atoms with Crippen molar-refractivity contribution in [3.8, 4) is 0 Å². The van der Waals surface area contributed by atoms with E-state index in [1.165, 1.54) is 28.6 Å². The molecule has 2 fully saturated rings. The number of nitrogens with one attached hydrogen (secondary N) is 2. The van der Waals surface area contributed by atoms with Gasteiger partial charge >= 0.3 is 0 Å². The number of fused-ring (bicyclic) bond motifs is 1. The van der Waals surface area contributed by atoms with E-state index in [0.29, 0.717) is 55.9 Å². The summed E-state index contributed by atoms with van der Waals surface area (Å²) in [4.78, 5) is 32.4. The maximum atomic E-state index is 14.1. The standard InChI is InChI=1S/C28H34FN5O4S/c29-24-7-3-4-8-26(24)33-17-15-32(16-18-33)14-11-30-28(36)23-20-27(35)31-25-10-9-21(19-22(23)25)39(37,38)34-12-5-1-2-6-13-34/h3-4,7-10,19-20H,1-2,5-6,11-18H2,(H,30,36)(H,31,35). The highest BCUT2D eigenvalue weighted by molar-refractivity contribution is 7.89. The second-order valence-electron chi connectivity index (χ2n) is 10.1. The zero-order valence-electron chi connectivity index (χ0n) is 21.9. The third-order valence-electron chi connectivity index (χ3n) is 7.54. The maximum Gasteiger partial charge on any atom is 0.252 e. The van der Waals surface area contributed by atoms with Crippen molar-refractivity contribution >= 4 is 32.5 Å². The fourth-order valence-electron chi connectivity index (χ4n) is 5.36. The van der Waals surface area contributed by atoms with Crippen LogP contribution in [0.2, 0.25) is 0 Å². The van der Waals surface area contributed by atoms with E-state index in [9.17, 15) is 22.4 Å². The van der Waals surface area contributed by atoms with Crippen molar-refractivity contribution < 1.29 is 17.6 Å². The molecule has 9 nitrogen and oxygen atoms in total. The summed E-state index contributed by atoms with van der Waals surface area (Å²) in [5.41, 5.74) is 0.724. The molecule has 2 aromatic carbocycles. The van der Waals surface area contributed by atoms with Crippen LogP contribution in [0.3, 0.4) is 0 Å². The molecule has 1 aromatic heterocycles. The minimum Gasteiger partial charge on any atom is -0.367 e. The minimum atomic E-state index is -3.71. The summed E-state index contributed by atoms with van der Waals surface area (Å²) in [6.45, 7) is 4.75. The Morgan fingerprint density at radius 1 is 0.923 bits per heavy atom. The molecule has 11 heteroatoms. The normalized spacial score (nSPS) is 17.7. The third kappa shape index (κ3) is 6.15. The van der Waals surface area contributed by atoms with Crippen LogP contribution in [0.1, 0.15) is 36.0 Å². The molecule has 2 aliphatic rings. The molecule has 0 spiro atoms. The number of aromatic amines is 1. The summed E-state index contributed by atoms with van der Waals surface area (Å²) in [5.74, 6) is -0.661. The van der Waals surface area contributed by atoms with Crippen LogP contribution in [-0.4, -0.2) is 80.9 Å². The summed E-state index contributed by atoms with van der Waals surface area (Å²) >= 11 is 0. The second kappa shape index (κ2) is 11.8. The quantitative estimate of drug-likeness (QED) is 0.465. The van der Waals surface area contributed by atoms with Crippen molar-refractivity contribution in [2.24, 2.45) is 0 Å². The number of halogens is 1. The number of rotatable bonds is 7. The van der Waals surface area contributed by atoms with Gasteiger partial charge in [0.25, 0.3) is 5.91 Å². The molecule has 208 valence electrons. The lowest BCUT2D eigenvalue weighted by atomic mass is 10.1. The Bertz CT molecular complexity index is 1490. The number of sulfonamides is 1. The number of carbonyl (C=O) groups is 1. The number of carbonyl (C=O) groups excluding carboxylic acids is 1. The number of pyridine rings is 1. The average molecular weight is 556 g/mol. The molecule has 2 N–H and O–H groups in total. The van der Waals surface area contributed by atoms with Crippen LogP contribution >= 0.6 is 0 Å². The van der Waals surface area contributed by atoms with E-state index in [0.717, 1.165) is 38.8 Å². The topological polar surface area (TPSA) is 106 Å². The Labute approximate surface area is 227 Å². The molecule has 2 aliphatic heterocycles. The molecule has 0 unspecified atom stereocenters. The van der Waals surface area contributed by atoms with Crippen LogP contribution < -0.4 is 15.8 Å². The molecular formula is C28H34FN5O4S. The summed E-state index contributed by atoms with van der Waals surface area (Å²) in [7, 11) is -3.71. The van der Waals surface area contributed by atoms with Gasteiger partial charge in [-0.15, -0.1) is 0 Å². The first-order valence-corrected chi connectivity index (χ1v) is 14.9. The molecule has 3 heterocycles. The van der Waals surface area contributed by atoms with Crippen molar-refractivity contribution in [2.45, 2.75) is 30.6 Å². The smallest absolute Gasteiger partial charge is 0.252 e. The fraction of sp³-hybridized carbons (Fsp3) is 0.429. The Hall–Kier alpha value is -3.28. The lowest BCUT2D eigenvalue weighted by Crippen LogP contribution is -2.48. The number of benzene rings is 2. The minimum absolute atomic E-state index is 0.116. The van der Waals surface area contributed by atoms with E-state index in [4.69, 9.17) is 0 Å². The van der Waals surface area contributed by atoms with Crippen LogP contribution in [-0.2, 0) is 10.0 Å². The number of piperazine rings is 1. The predicted octanol–water partition coefficient (Wildman–Crippen LogP) is 2.78. The number of H-pyrrole nitrogens is 1. The summed E-state index contributed by atoms with van der Waals surface area (Å²) < 4.78 is 42.3. The molecule has 0 bridgehead atoms. The fourth-order valence-corrected chi connectivity index (χ4v) is 6.90. The SMILES string of the molecule is O=C(NCCN1CCN(c2ccccc2F)CC1)c1cc(=O)[nH]c2ccc(S(=O)(=O)N3CCCCCC3)cc12. The highest BCUT2D eigenvalue weighted by atomic mass is 32.2. The van der Waals surface area contributed by atoms with E-state index in [1.54, 1.807) is 18.2 Å². The van der Waals surface area contributed by atoms with Gasteiger partial charge in [-0.2, -0.15) is 4.31 Å². The van der Waals surface area contributed by atoms with Gasteiger partial charge in [0, 0.05) is 69.3 Å². The van der Waals surface area contributed by atoms with E-state index < -0.39 is 21.5 Å². The first-order valence-electron chi connectivity index (χ1n) is 13.5. The van der Waals surface area contributed by atoms with Gasteiger partial charge in [-0.3, -0.25) is 14.5 Å². The first-order chi connectivity index (χ1) is 18.8. The number of nitrogens with zero attached hydrogens (tertiary/aromatic N) is 3. The van der Waals surface area contributed by atoms with Gasteiger partial charge in [0.15, 0.2) is 0 Å². The van der Waals surface area contributed by atoms with E-state index >= 15 is 0 Å². The number of amides is 1.